The SMILES string of the molecule is N#Cc1cc(N)ccc1S(=O)(=O)N1CC[C@H](O)C1. The Balaban J connectivity index is 2.45. The Morgan fingerprint density at radius 1 is 1.50 bits per heavy atom. The van der Waals surface area contributed by atoms with E-state index < -0.39 is 16.1 Å². The minimum absolute atomic E-state index is 0.0244. The second-order valence-electron chi connectivity index (χ2n) is 4.17. The highest BCUT2D eigenvalue weighted by Crippen LogP contribution is 2.25. The predicted octanol–water partition coefficient (Wildman–Crippen LogP) is -0.104. The molecule has 3 N–H and O–H groups in total. The largest absolute Gasteiger partial charge is 0.399 e. The second-order valence-corrected chi connectivity index (χ2v) is 6.08. The first-order chi connectivity index (χ1) is 8.45. The normalized spacial score (nSPS) is 20.8. The molecule has 7 heteroatoms. The molecule has 1 aromatic rings. The van der Waals surface area contributed by atoms with Crippen molar-refractivity contribution in [2.24, 2.45) is 0 Å². The molecule has 0 spiro atoms. The Hall–Kier alpha value is -1.62. The number of anilines is 1. The van der Waals surface area contributed by atoms with Gasteiger partial charge in [0.1, 0.15) is 11.0 Å². The number of hydrogen-bond donors (Lipinski definition) is 2. The fraction of sp³-hybridized carbons (Fsp3) is 0.364. The highest BCUT2D eigenvalue weighted by atomic mass is 32.2. The van der Waals surface area contributed by atoms with Gasteiger partial charge in [-0.25, -0.2) is 8.42 Å². The third-order valence-corrected chi connectivity index (χ3v) is 4.79. The lowest BCUT2D eigenvalue weighted by atomic mass is 10.2. The third kappa shape index (κ3) is 2.18. The van der Waals surface area contributed by atoms with Crippen LogP contribution in [-0.2, 0) is 10.0 Å². The standard InChI is InChI=1S/C11H13N3O3S/c12-6-8-5-9(13)1-2-11(8)18(16,17)14-4-3-10(15)7-14/h1-2,5,10,15H,3-4,7,13H2/t10-/m0/s1. The molecule has 0 unspecified atom stereocenters. The van der Waals surface area contributed by atoms with Crippen molar-refractivity contribution in [3.05, 3.63) is 23.8 Å². The van der Waals surface area contributed by atoms with E-state index >= 15 is 0 Å². The molecular weight excluding hydrogens is 254 g/mol. The first-order valence-corrected chi connectivity index (χ1v) is 6.87. The molecule has 0 radical (unpaired) electrons. The van der Waals surface area contributed by atoms with Gasteiger partial charge in [-0.3, -0.25) is 0 Å². The lowest BCUT2D eigenvalue weighted by Crippen LogP contribution is -2.30. The van der Waals surface area contributed by atoms with Crippen LogP contribution >= 0.6 is 0 Å². The van der Waals surface area contributed by atoms with Gasteiger partial charge >= 0.3 is 0 Å². The molecular formula is C11H13N3O3S. The number of nitrogens with zero attached hydrogens (tertiary/aromatic N) is 2. The van der Waals surface area contributed by atoms with Crippen molar-refractivity contribution in [2.75, 3.05) is 18.8 Å². The average molecular weight is 267 g/mol. The highest BCUT2D eigenvalue weighted by molar-refractivity contribution is 7.89. The third-order valence-electron chi connectivity index (χ3n) is 2.87. The van der Waals surface area contributed by atoms with Gasteiger partial charge in [0.2, 0.25) is 10.0 Å². The molecule has 0 saturated carbocycles. The number of nitrogens with two attached hydrogens (primary N) is 1. The zero-order valence-electron chi connectivity index (χ0n) is 9.57. The second kappa shape index (κ2) is 4.57. The molecule has 96 valence electrons. The van der Waals surface area contributed by atoms with Crippen LogP contribution in [0, 0.1) is 11.3 Å². The van der Waals surface area contributed by atoms with E-state index in [1.54, 1.807) is 0 Å². The van der Waals surface area contributed by atoms with Crippen molar-refractivity contribution in [1.82, 2.24) is 4.31 Å². The molecule has 0 aliphatic carbocycles. The number of aliphatic hydroxyl groups is 1. The number of benzene rings is 1. The fourth-order valence-electron chi connectivity index (χ4n) is 1.93. The predicted molar refractivity (Wildman–Crippen MR) is 65.0 cm³/mol. The van der Waals surface area contributed by atoms with Crippen LogP contribution in [0.2, 0.25) is 0 Å². The molecule has 1 saturated heterocycles. The zero-order chi connectivity index (χ0) is 13.3. The molecule has 0 amide bonds. The number of β-amino-alcohol motifs (C(OH)–C–C–N with tert-alkyl or cyclic N) is 1. The molecule has 0 bridgehead atoms. The van der Waals surface area contributed by atoms with E-state index in [2.05, 4.69) is 0 Å². The van der Waals surface area contributed by atoms with Gasteiger partial charge in [0.05, 0.1) is 11.7 Å². The monoisotopic (exact) mass is 267 g/mol. The Bertz CT molecular complexity index is 606. The average Bonchev–Trinajstić information content (AvgIpc) is 2.76. The van der Waals surface area contributed by atoms with Crippen molar-refractivity contribution >= 4 is 15.7 Å². The summed E-state index contributed by atoms with van der Waals surface area (Å²) in [5.74, 6) is 0. The van der Waals surface area contributed by atoms with Crippen LogP contribution in [0.4, 0.5) is 5.69 Å². The molecule has 1 aliphatic heterocycles. The van der Waals surface area contributed by atoms with E-state index in [0.717, 1.165) is 0 Å². The maximum atomic E-state index is 12.3. The summed E-state index contributed by atoms with van der Waals surface area (Å²) in [5.41, 5.74) is 5.89. The van der Waals surface area contributed by atoms with E-state index in [9.17, 15) is 13.5 Å². The molecule has 6 nitrogen and oxygen atoms in total. The maximum absolute atomic E-state index is 12.3. The first kappa shape index (κ1) is 12.8. The van der Waals surface area contributed by atoms with E-state index in [1.807, 2.05) is 6.07 Å². The van der Waals surface area contributed by atoms with Crippen LogP contribution in [0.15, 0.2) is 23.1 Å². The quantitative estimate of drug-likeness (QED) is 0.727. The van der Waals surface area contributed by atoms with E-state index in [4.69, 9.17) is 11.0 Å². The topological polar surface area (TPSA) is 107 Å². The Morgan fingerprint density at radius 3 is 2.78 bits per heavy atom. The first-order valence-electron chi connectivity index (χ1n) is 5.43. The van der Waals surface area contributed by atoms with Crippen molar-refractivity contribution in [1.29, 1.82) is 5.26 Å². The summed E-state index contributed by atoms with van der Waals surface area (Å²) >= 11 is 0. The minimum Gasteiger partial charge on any atom is -0.399 e. The van der Waals surface area contributed by atoms with Crippen LogP contribution in [0.3, 0.4) is 0 Å². The van der Waals surface area contributed by atoms with Crippen LogP contribution in [0.25, 0.3) is 0 Å². The molecule has 0 aromatic heterocycles. The van der Waals surface area contributed by atoms with Gasteiger partial charge in [-0.15, -0.1) is 0 Å². The van der Waals surface area contributed by atoms with Gasteiger partial charge in [0.25, 0.3) is 0 Å². The Kier molecular flexibility index (Phi) is 3.26. The minimum atomic E-state index is -3.74. The highest BCUT2D eigenvalue weighted by Gasteiger charge is 2.33. The lowest BCUT2D eigenvalue weighted by Gasteiger charge is -2.16. The Morgan fingerprint density at radius 2 is 2.22 bits per heavy atom. The van der Waals surface area contributed by atoms with E-state index in [-0.39, 0.29) is 23.5 Å². The molecule has 18 heavy (non-hydrogen) atoms. The van der Waals surface area contributed by atoms with Gasteiger partial charge in [0, 0.05) is 18.8 Å². The van der Waals surface area contributed by atoms with Crippen molar-refractivity contribution in [3.8, 4) is 6.07 Å². The van der Waals surface area contributed by atoms with E-state index in [0.29, 0.717) is 12.1 Å². The molecule has 1 fully saturated rings. The number of hydrogen-bond acceptors (Lipinski definition) is 5. The van der Waals surface area contributed by atoms with Crippen molar-refractivity contribution in [2.45, 2.75) is 17.4 Å². The van der Waals surface area contributed by atoms with Gasteiger partial charge in [-0.05, 0) is 24.6 Å². The number of sulfonamides is 1. The summed E-state index contributed by atoms with van der Waals surface area (Å²) in [6.07, 6.45) is -0.227. The molecule has 1 aromatic carbocycles. The van der Waals surface area contributed by atoms with E-state index in [1.165, 1.54) is 22.5 Å². The van der Waals surface area contributed by atoms with Gasteiger partial charge < -0.3 is 10.8 Å². The summed E-state index contributed by atoms with van der Waals surface area (Å²) in [5, 5.41) is 18.4. The molecule has 1 aliphatic rings. The number of aliphatic hydroxyl groups excluding tert-OH is 1. The summed E-state index contributed by atoms with van der Waals surface area (Å²) < 4.78 is 25.8. The number of nitriles is 1. The number of rotatable bonds is 2. The van der Waals surface area contributed by atoms with Crippen LogP contribution in [-0.4, -0.2) is 37.0 Å². The van der Waals surface area contributed by atoms with Crippen LogP contribution in [0.5, 0.6) is 0 Å². The summed E-state index contributed by atoms with van der Waals surface area (Å²) in [7, 11) is -3.74. The Labute approximate surface area is 105 Å². The van der Waals surface area contributed by atoms with Crippen molar-refractivity contribution < 1.29 is 13.5 Å². The maximum Gasteiger partial charge on any atom is 0.244 e. The van der Waals surface area contributed by atoms with Gasteiger partial charge in [-0.1, -0.05) is 0 Å². The molecule has 2 rings (SSSR count). The smallest absolute Gasteiger partial charge is 0.244 e. The van der Waals surface area contributed by atoms with Gasteiger partial charge in [-0.2, -0.15) is 9.57 Å². The molecule has 1 heterocycles. The summed E-state index contributed by atoms with van der Waals surface area (Å²) in [4.78, 5) is -0.0618. The zero-order valence-corrected chi connectivity index (χ0v) is 10.4. The van der Waals surface area contributed by atoms with Crippen LogP contribution in [0.1, 0.15) is 12.0 Å². The summed E-state index contributed by atoms with van der Waals surface area (Å²) in [6, 6.07) is 5.93. The lowest BCUT2D eigenvalue weighted by molar-refractivity contribution is 0.189. The van der Waals surface area contributed by atoms with Crippen LogP contribution < -0.4 is 5.73 Å². The summed E-state index contributed by atoms with van der Waals surface area (Å²) in [6.45, 7) is 0.330. The van der Waals surface area contributed by atoms with Crippen molar-refractivity contribution in [3.63, 3.8) is 0 Å². The fourth-order valence-corrected chi connectivity index (χ4v) is 3.54. The van der Waals surface area contributed by atoms with Gasteiger partial charge in [0.15, 0.2) is 0 Å². The number of nitrogen functional groups attached to an aromatic ring is 1. The molecule has 1 atom stereocenters.